The molecule has 3 heteroatoms. The van der Waals surface area contributed by atoms with E-state index in [9.17, 15) is 0 Å². The number of hydrogen-bond donors (Lipinski definition) is 1. The zero-order chi connectivity index (χ0) is 13.3. The van der Waals surface area contributed by atoms with E-state index in [0.29, 0.717) is 0 Å². The number of hydrogen-bond acceptors (Lipinski definition) is 2. The van der Waals surface area contributed by atoms with Crippen LogP contribution in [0, 0.1) is 0 Å². The molecule has 1 atom stereocenters. The van der Waals surface area contributed by atoms with Crippen LogP contribution in [0.15, 0.2) is 36.8 Å². The predicted molar refractivity (Wildman–Crippen MR) is 75.6 cm³/mol. The molecule has 0 fully saturated rings. The molecular formula is C15H21N3. The molecule has 2 aromatic rings. The van der Waals surface area contributed by atoms with E-state index in [2.05, 4.69) is 49.4 Å². The van der Waals surface area contributed by atoms with Gasteiger partial charge in [-0.2, -0.15) is 0 Å². The second-order valence-electron chi connectivity index (χ2n) is 5.78. The first-order chi connectivity index (χ1) is 8.39. The third-order valence-corrected chi connectivity index (χ3v) is 3.27. The second kappa shape index (κ2) is 4.48. The highest BCUT2D eigenvalue weighted by Crippen LogP contribution is 2.27. The minimum atomic E-state index is 0.0958. The van der Waals surface area contributed by atoms with Crippen molar-refractivity contribution in [1.82, 2.24) is 9.55 Å². The maximum absolute atomic E-state index is 5.73. The third kappa shape index (κ3) is 2.40. The van der Waals surface area contributed by atoms with E-state index in [1.54, 1.807) is 0 Å². The summed E-state index contributed by atoms with van der Waals surface area (Å²) in [6, 6.07) is 8.31. The monoisotopic (exact) mass is 243 g/mol. The predicted octanol–water partition coefficient (Wildman–Crippen LogP) is 3.37. The molecular weight excluding hydrogens is 222 g/mol. The van der Waals surface area contributed by atoms with Crippen molar-refractivity contribution in [2.24, 2.45) is 0 Å². The van der Waals surface area contributed by atoms with E-state index >= 15 is 0 Å². The molecule has 1 aromatic carbocycles. The maximum Gasteiger partial charge on any atom is 0.0954 e. The largest absolute Gasteiger partial charge is 0.399 e. The number of benzene rings is 1. The molecule has 18 heavy (non-hydrogen) atoms. The summed E-state index contributed by atoms with van der Waals surface area (Å²) in [4.78, 5) is 4.29. The van der Waals surface area contributed by atoms with Crippen molar-refractivity contribution < 1.29 is 0 Å². The van der Waals surface area contributed by atoms with E-state index < -0.39 is 0 Å². The van der Waals surface area contributed by atoms with Gasteiger partial charge in [-0.15, -0.1) is 0 Å². The van der Waals surface area contributed by atoms with Gasteiger partial charge in [-0.25, -0.2) is 4.98 Å². The smallest absolute Gasteiger partial charge is 0.0954 e. The third-order valence-electron chi connectivity index (χ3n) is 3.27. The van der Waals surface area contributed by atoms with Crippen molar-refractivity contribution >= 4 is 5.69 Å². The van der Waals surface area contributed by atoms with E-state index in [1.165, 1.54) is 11.3 Å². The van der Waals surface area contributed by atoms with Crippen LogP contribution < -0.4 is 5.73 Å². The molecule has 0 aliphatic carbocycles. The number of nitrogens with two attached hydrogens (primary N) is 1. The first-order valence-corrected chi connectivity index (χ1v) is 6.27. The van der Waals surface area contributed by atoms with Gasteiger partial charge >= 0.3 is 0 Å². The van der Waals surface area contributed by atoms with E-state index in [0.717, 1.165) is 5.69 Å². The maximum atomic E-state index is 5.73. The molecule has 0 amide bonds. The molecule has 96 valence electrons. The van der Waals surface area contributed by atoms with Crippen LogP contribution in [-0.2, 0) is 5.41 Å². The van der Waals surface area contributed by atoms with E-state index in [1.807, 2.05) is 24.7 Å². The molecule has 1 unspecified atom stereocenters. The van der Waals surface area contributed by atoms with Gasteiger partial charge in [0.2, 0.25) is 0 Å². The summed E-state index contributed by atoms with van der Waals surface area (Å²) in [6.45, 7) is 8.80. The molecule has 0 aliphatic heterocycles. The van der Waals surface area contributed by atoms with Crippen molar-refractivity contribution in [2.45, 2.75) is 39.2 Å². The van der Waals surface area contributed by atoms with Crippen LogP contribution in [0.5, 0.6) is 0 Å². The molecule has 0 spiro atoms. The zero-order valence-corrected chi connectivity index (χ0v) is 11.5. The summed E-state index contributed by atoms with van der Waals surface area (Å²) in [6.07, 6.45) is 3.86. The van der Waals surface area contributed by atoms with E-state index in [4.69, 9.17) is 5.73 Å². The second-order valence-corrected chi connectivity index (χ2v) is 5.78. The summed E-state index contributed by atoms with van der Waals surface area (Å²) in [5, 5.41) is 0. The SMILES string of the molecule is CC(c1ccc(N)cc1)n1cncc1C(C)(C)C. The van der Waals surface area contributed by atoms with Crippen molar-refractivity contribution in [3.63, 3.8) is 0 Å². The molecule has 2 rings (SSSR count). The summed E-state index contributed by atoms with van der Waals surface area (Å²) < 4.78 is 2.23. The van der Waals surface area contributed by atoms with Crippen molar-refractivity contribution in [3.05, 3.63) is 48.0 Å². The Balaban J connectivity index is 2.37. The summed E-state index contributed by atoms with van der Waals surface area (Å²) in [5.41, 5.74) is 9.11. The summed E-state index contributed by atoms with van der Waals surface area (Å²) >= 11 is 0. The number of imidazole rings is 1. The Hall–Kier alpha value is -1.77. The highest BCUT2D eigenvalue weighted by atomic mass is 15.1. The lowest BCUT2D eigenvalue weighted by Crippen LogP contribution is -2.19. The van der Waals surface area contributed by atoms with Gasteiger partial charge in [0, 0.05) is 23.0 Å². The van der Waals surface area contributed by atoms with Gasteiger partial charge in [-0.3, -0.25) is 0 Å². The Morgan fingerprint density at radius 1 is 1.17 bits per heavy atom. The standard InChI is InChI=1S/C15H21N3/c1-11(12-5-7-13(16)8-6-12)18-10-17-9-14(18)15(2,3)4/h5-11H,16H2,1-4H3. The Kier molecular flexibility index (Phi) is 3.16. The topological polar surface area (TPSA) is 43.8 Å². The fraction of sp³-hybridized carbons (Fsp3) is 0.400. The lowest BCUT2D eigenvalue weighted by Gasteiger charge is -2.24. The molecule has 0 bridgehead atoms. The number of anilines is 1. The summed E-state index contributed by atoms with van der Waals surface area (Å²) in [7, 11) is 0. The first-order valence-electron chi connectivity index (χ1n) is 6.27. The minimum Gasteiger partial charge on any atom is -0.399 e. The number of nitrogen functional groups attached to an aromatic ring is 1. The number of rotatable bonds is 2. The fourth-order valence-corrected chi connectivity index (χ4v) is 2.13. The number of nitrogens with zero attached hydrogens (tertiary/aromatic N) is 2. The van der Waals surface area contributed by atoms with Gasteiger partial charge in [-0.1, -0.05) is 32.9 Å². The first kappa shape index (κ1) is 12.7. The highest BCUT2D eigenvalue weighted by Gasteiger charge is 2.21. The Labute approximate surface area is 109 Å². The van der Waals surface area contributed by atoms with Crippen LogP contribution in [-0.4, -0.2) is 9.55 Å². The van der Waals surface area contributed by atoms with Crippen molar-refractivity contribution in [2.75, 3.05) is 5.73 Å². The van der Waals surface area contributed by atoms with Crippen LogP contribution >= 0.6 is 0 Å². The fourth-order valence-electron chi connectivity index (χ4n) is 2.13. The molecule has 1 heterocycles. The molecule has 2 N–H and O–H groups in total. The molecule has 0 aliphatic rings. The van der Waals surface area contributed by atoms with Crippen molar-refractivity contribution in [1.29, 1.82) is 0 Å². The number of aromatic nitrogens is 2. The van der Waals surface area contributed by atoms with Crippen molar-refractivity contribution in [3.8, 4) is 0 Å². The Morgan fingerprint density at radius 3 is 2.33 bits per heavy atom. The van der Waals surface area contributed by atoms with Gasteiger partial charge in [-0.05, 0) is 24.6 Å². The van der Waals surface area contributed by atoms with E-state index in [-0.39, 0.29) is 11.5 Å². The van der Waals surface area contributed by atoms with Gasteiger partial charge in [0.15, 0.2) is 0 Å². The quantitative estimate of drug-likeness (QED) is 0.822. The Morgan fingerprint density at radius 2 is 1.78 bits per heavy atom. The average Bonchev–Trinajstić information content (AvgIpc) is 2.77. The van der Waals surface area contributed by atoms with Gasteiger partial charge < -0.3 is 10.3 Å². The lowest BCUT2D eigenvalue weighted by atomic mass is 9.92. The normalized spacial score (nSPS) is 13.6. The Bertz CT molecular complexity index is 517. The summed E-state index contributed by atoms with van der Waals surface area (Å²) in [5.74, 6) is 0. The van der Waals surface area contributed by atoms with Crippen LogP contribution in [0.3, 0.4) is 0 Å². The minimum absolute atomic E-state index is 0.0958. The van der Waals surface area contributed by atoms with Crippen LogP contribution in [0.1, 0.15) is 45.0 Å². The molecule has 0 saturated carbocycles. The molecule has 1 aromatic heterocycles. The zero-order valence-electron chi connectivity index (χ0n) is 11.5. The average molecular weight is 243 g/mol. The van der Waals surface area contributed by atoms with Crippen LogP contribution in [0.2, 0.25) is 0 Å². The molecule has 0 radical (unpaired) electrons. The van der Waals surface area contributed by atoms with Crippen LogP contribution in [0.4, 0.5) is 5.69 Å². The highest BCUT2D eigenvalue weighted by molar-refractivity contribution is 5.40. The van der Waals surface area contributed by atoms with Gasteiger partial charge in [0.1, 0.15) is 0 Å². The van der Waals surface area contributed by atoms with Gasteiger partial charge in [0.25, 0.3) is 0 Å². The lowest BCUT2D eigenvalue weighted by molar-refractivity contribution is 0.498. The van der Waals surface area contributed by atoms with Gasteiger partial charge in [0.05, 0.1) is 12.4 Å². The molecule has 3 nitrogen and oxygen atoms in total. The molecule has 0 saturated heterocycles. The van der Waals surface area contributed by atoms with Crippen LogP contribution in [0.25, 0.3) is 0 Å².